The lowest BCUT2D eigenvalue weighted by atomic mass is 10.1. The Bertz CT molecular complexity index is 1010. The van der Waals surface area contributed by atoms with Crippen LogP contribution in [0.4, 0.5) is 13.9 Å². The van der Waals surface area contributed by atoms with E-state index in [1.54, 1.807) is 42.5 Å². The van der Waals surface area contributed by atoms with E-state index in [9.17, 15) is 18.8 Å². The SMILES string of the molecule is N#C/C(=C/c1ccccc1)C(=O)Nc1nc2ccc(SC(F)F)cc2s1. The van der Waals surface area contributed by atoms with Gasteiger partial charge in [0.25, 0.3) is 11.7 Å². The smallest absolute Gasteiger partial charge is 0.288 e. The Kier molecular flexibility index (Phi) is 5.61. The van der Waals surface area contributed by atoms with Crippen molar-refractivity contribution in [3.63, 3.8) is 0 Å². The second kappa shape index (κ2) is 8.08. The van der Waals surface area contributed by atoms with Crippen LogP contribution in [0.1, 0.15) is 5.56 Å². The molecule has 26 heavy (non-hydrogen) atoms. The number of nitriles is 1. The third-order valence-electron chi connectivity index (χ3n) is 3.28. The first-order chi connectivity index (χ1) is 12.5. The molecule has 0 spiro atoms. The topological polar surface area (TPSA) is 65.8 Å². The summed E-state index contributed by atoms with van der Waals surface area (Å²) in [6.07, 6.45) is 1.49. The maximum atomic E-state index is 12.5. The van der Waals surface area contributed by atoms with Gasteiger partial charge in [0, 0.05) is 4.90 Å². The van der Waals surface area contributed by atoms with Crippen molar-refractivity contribution in [3.8, 4) is 6.07 Å². The van der Waals surface area contributed by atoms with Crippen molar-refractivity contribution in [2.24, 2.45) is 0 Å². The Labute approximate surface area is 156 Å². The van der Waals surface area contributed by atoms with Gasteiger partial charge in [0.1, 0.15) is 11.6 Å². The molecule has 1 aromatic heterocycles. The molecule has 0 unspecified atom stereocenters. The van der Waals surface area contributed by atoms with Crippen LogP contribution in [0.2, 0.25) is 0 Å². The Hall–Kier alpha value is -2.76. The number of rotatable bonds is 5. The number of anilines is 1. The lowest BCUT2D eigenvalue weighted by molar-refractivity contribution is -0.112. The van der Waals surface area contributed by atoms with E-state index in [4.69, 9.17) is 0 Å². The van der Waals surface area contributed by atoms with E-state index in [0.29, 0.717) is 32.0 Å². The summed E-state index contributed by atoms with van der Waals surface area (Å²) in [4.78, 5) is 17.0. The summed E-state index contributed by atoms with van der Waals surface area (Å²) < 4.78 is 25.6. The number of fused-ring (bicyclic) bond motifs is 1. The van der Waals surface area contributed by atoms with Crippen LogP contribution >= 0.6 is 23.1 Å². The summed E-state index contributed by atoms with van der Waals surface area (Å²) in [5.41, 5.74) is 1.27. The summed E-state index contributed by atoms with van der Waals surface area (Å²) in [6, 6.07) is 15.7. The molecule has 0 saturated heterocycles. The van der Waals surface area contributed by atoms with Crippen molar-refractivity contribution in [1.29, 1.82) is 5.26 Å². The third-order valence-corrected chi connectivity index (χ3v) is 4.92. The quantitative estimate of drug-likeness (QED) is 0.373. The number of carbonyl (C=O) groups excluding carboxylic acids is 1. The average Bonchev–Trinajstić information content (AvgIpc) is 3.01. The first kappa shape index (κ1) is 18.0. The summed E-state index contributed by atoms with van der Waals surface area (Å²) in [5.74, 6) is -3.07. The zero-order valence-corrected chi connectivity index (χ0v) is 14.8. The molecule has 3 rings (SSSR count). The molecular weight excluding hydrogens is 376 g/mol. The van der Waals surface area contributed by atoms with E-state index in [1.807, 2.05) is 12.1 Å². The molecule has 0 fully saturated rings. The maximum Gasteiger partial charge on any atom is 0.288 e. The standard InChI is InChI=1S/C18H11F2N3OS2/c19-17(20)25-13-6-7-14-15(9-13)26-18(22-14)23-16(24)12(10-21)8-11-4-2-1-3-5-11/h1-9,17H,(H,22,23,24)/b12-8-. The molecule has 0 radical (unpaired) electrons. The van der Waals surface area contributed by atoms with Gasteiger partial charge in [-0.3, -0.25) is 10.1 Å². The first-order valence-corrected chi connectivity index (χ1v) is 9.08. The van der Waals surface area contributed by atoms with Crippen molar-refractivity contribution in [2.75, 3.05) is 5.32 Å². The molecule has 4 nitrogen and oxygen atoms in total. The normalized spacial score (nSPS) is 11.5. The minimum Gasteiger partial charge on any atom is -0.297 e. The fraction of sp³-hybridized carbons (Fsp3) is 0.0556. The van der Waals surface area contributed by atoms with E-state index in [-0.39, 0.29) is 5.57 Å². The van der Waals surface area contributed by atoms with Gasteiger partial charge < -0.3 is 0 Å². The van der Waals surface area contributed by atoms with Crippen molar-refractivity contribution in [1.82, 2.24) is 4.98 Å². The molecule has 0 aliphatic heterocycles. The zero-order valence-electron chi connectivity index (χ0n) is 13.1. The number of hydrogen-bond donors (Lipinski definition) is 1. The van der Waals surface area contributed by atoms with Gasteiger partial charge in [-0.05, 0) is 29.8 Å². The second-order valence-electron chi connectivity index (χ2n) is 5.06. The Balaban J connectivity index is 1.80. The molecule has 3 aromatic rings. The number of alkyl halides is 2. The molecule has 0 saturated carbocycles. The van der Waals surface area contributed by atoms with E-state index in [0.717, 1.165) is 16.9 Å². The number of benzene rings is 2. The van der Waals surface area contributed by atoms with Crippen LogP contribution in [-0.4, -0.2) is 16.6 Å². The largest absolute Gasteiger partial charge is 0.297 e. The number of thiazole rings is 1. The van der Waals surface area contributed by atoms with E-state index in [1.165, 1.54) is 6.08 Å². The third kappa shape index (κ3) is 4.45. The highest BCUT2D eigenvalue weighted by Gasteiger charge is 2.13. The first-order valence-electron chi connectivity index (χ1n) is 7.39. The molecule has 2 aromatic carbocycles. The van der Waals surface area contributed by atoms with Crippen LogP contribution in [-0.2, 0) is 4.79 Å². The van der Waals surface area contributed by atoms with Crippen LogP contribution in [0.5, 0.6) is 0 Å². The molecule has 130 valence electrons. The molecule has 0 aliphatic rings. The summed E-state index contributed by atoms with van der Waals surface area (Å²) >= 11 is 1.62. The highest BCUT2D eigenvalue weighted by atomic mass is 32.2. The zero-order chi connectivity index (χ0) is 18.5. The van der Waals surface area contributed by atoms with Gasteiger partial charge in [-0.1, -0.05) is 53.4 Å². The van der Waals surface area contributed by atoms with Gasteiger partial charge >= 0.3 is 0 Å². The van der Waals surface area contributed by atoms with Gasteiger partial charge in [0.05, 0.1) is 10.2 Å². The molecule has 0 atom stereocenters. The van der Waals surface area contributed by atoms with Crippen LogP contribution in [0.15, 0.2) is 59.0 Å². The highest BCUT2D eigenvalue weighted by Crippen LogP contribution is 2.32. The summed E-state index contributed by atoms with van der Waals surface area (Å²) in [5, 5.41) is 12.1. The van der Waals surface area contributed by atoms with Gasteiger partial charge in [0.15, 0.2) is 5.13 Å². The number of nitrogens with one attached hydrogen (secondary N) is 1. The van der Waals surface area contributed by atoms with Crippen molar-refractivity contribution < 1.29 is 13.6 Å². The fourth-order valence-corrected chi connectivity index (χ4v) is 3.68. The van der Waals surface area contributed by atoms with Crippen LogP contribution in [0.25, 0.3) is 16.3 Å². The Morgan fingerprint density at radius 2 is 2.04 bits per heavy atom. The van der Waals surface area contributed by atoms with Crippen LogP contribution in [0, 0.1) is 11.3 Å². The van der Waals surface area contributed by atoms with Crippen molar-refractivity contribution in [3.05, 3.63) is 59.7 Å². The Morgan fingerprint density at radius 3 is 2.73 bits per heavy atom. The average molecular weight is 387 g/mol. The Morgan fingerprint density at radius 1 is 1.27 bits per heavy atom. The minimum absolute atomic E-state index is 0.0515. The number of thioether (sulfide) groups is 1. The molecule has 1 amide bonds. The molecular formula is C18H11F2N3OS2. The lowest BCUT2D eigenvalue weighted by Crippen LogP contribution is -2.13. The van der Waals surface area contributed by atoms with E-state index < -0.39 is 11.7 Å². The van der Waals surface area contributed by atoms with Gasteiger partial charge in [0.2, 0.25) is 0 Å². The van der Waals surface area contributed by atoms with Gasteiger partial charge in [-0.2, -0.15) is 14.0 Å². The highest BCUT2D eigenvalue weighted by molar-refractivity contribution is 7.99. The second-order valence-corrected chi connectivity index (χ2v) is 7.16. The van der Waals surface area contributed by atoms with Crippen LogP contribution in [0.3, 0.4) is 0 Å². The number of aromatic nitrogens is 1. The number of hydrogen-bond acceptors (Lipinski definition) is 5. The van der Waals surface area contributed by atoms with E-state index in [2.05, 4.69) is 10.3 Å². The van der Waals surface area contributed by atoms with Gasteiger partial charge in [-0.25, -0.2) is 4.98 Å². The molecule has 8 heteroatoms. The summed E-state index contributed by atoms with van der Waals surface area (Å²) in [7, 11) is 0. The maximum absolute atomic E-state index is 12.5. The van der Waals surface area contributed by atoms with Crippen LogP contribution < -0.4 is 5.32 Å². The van der Waals surface area contributed by atoms with Crippen molar-refractivity contribution >= 4 is 50.4 Å². The minimum atomic E-state index is -2.50. The van der Waals surface area contributed by atoms with Gasteiger partial charge in [-0.15, -0.1) is 0 Å². The molecule has 1 N–H and O–H groups in total. The molecule has 1 heterocycles. The summed E-state index contributed by atoms with van der Waals surface area (Å²) in [6.45, 7) is 0. The monoisotopic (exact) mass is 387 g/mol. The lowest BCUT2D eigenvalue weighted by Gasteiger charge is -1.99. The number of nitrogens with zero attached hydrogens (tertiary/aromatic N) is 2. The number of halogens is 2. The molecule has 0 bridgehead atoms. The molecule has 0 aliphatic carbocycles. The predicted octanol–water partition coefficient (Wildman–Crippen LogP) is 5.16. The van der Waals surface area contributed by atoms with E-state index >= 15 is 0 Å². The fourth-order valence-electron chi connectivity index (χ4n) is 2.16. The predicted molar refractivity (Wildman–Crippen MR) is 100 cm³/mol. The van der Waals surface area contributed by atoms with Crippen molar-refractivity contribution in [2.45, 2.75) is 10.7 Å². The number of carbonyl (C=O) groups is 1. The number of amides is 1.